The Labute approximate surface area is 182 Å². The Kier molecular flexibility index (Phi) is 7.01. The van der Waals surface area contributed by atoms with Gasteiger partial charge in [-0.05, 0) is 67.3 Å². The van der Waals surface area contributed by atoms with E-state index >= 15 is 0 Å². The molecule has 0 spiro atoms. The Hall–Kier alpha value is -2.98. The number of hydrogen-bond donors (Lipinski definition) is 1. The first-order valence-corrected chi connectivity index (χ1v) is 10.3. The molecule has 0 bridgehead atoms. The van der Waals surface area contributed by atoms with Crippen LogP contribution in [-0.2, 0) is 4.79 Å². The van der Waals surface area contributed by atoms with Crippen molar-refractivity contribution >= 4 is 23.2 Å². The molecule has 3 aromatic carbocycles. The molecule has 0 fully saturated rings. The second kappa shape index (κ2) is 9.68. The number of amides is 1. The van der Waals surface area contributed by atoms with Crippen molar-refractivity contribution in [2.45, 2.75) is 39.7 Å². The highest BCUT2D eigenvalue weighted by Crippen LogP contribution is 2.33. The maximum absolute atomic E-state index is 12.9. The van der Waals surface area contributed by atoms with Crippen molar-refractivity contribution in [1.82, 2.24) is 0 Å². The molecule has 0 aromatic heterocycles. The van der Waals surface area contributed by atoms with Crippen molar-refractivity contribution in [2.24, 2.45) is 0 Å². The third-order valence-electron chi connectivity index (χ3n) is 4.63. The average molecular weight is 424 g/mol. The van der Waals surface area contributed by atoms with Crippen molar-refractivity contribution in [3.05, 3.63) is 82.9 Å². The summed E-state index contributed by atoms with van der Waals surface area (Å²) in [4.78, 5) is 12.9. The number of ether oxygens (including phenoxy) is 2. The molecular weight excluding hydrogens is 398 g/mol. The summed E-state index contributed by atoms with van der Waals surface area (Å²) >= 11 is 6.15. The summed E-state index contributed by atoms with van der Waals surface area (Å²) < 4.78 is 11.9. The quantitative estimate of drug-likeness (QED) is 0.446. The third-order valence-corrected chi connectivity index (χ3v) is 4.87. The number of aryl methyl sites for hydroxylation is 1. The monoisotopic (exact) mass is 423 g/mol. The predicted molar refractivity (Wildman–Crippen MR) is 122 cm³/mol. The van der Waals surface area contributed by atoms with Crippen molar-refractivity contribution in [3.63, 3.8) is 0 Å². The summed E-state index contributed by atoms with van der Waals surface area (Å²) in [5.41, 5.74) is 2.63. The number of hydrogen-bond acceptors (Lipinski definition) is 3. The van der Waals surface area contributed by atoms with Crippen LogP contribution in [0.1, 0.15) is 37.8 Å². The lowest BCUT2D eigenvalue weighted by Gasteiger charge is -2.20. The van der Waals surface area contributed by atoms with Gasteiger partial charge in [-0.3, -0.25) is 4.79 Å². The van der Waals surface area contributed by atoms with E-state index < -0.39 is 6.10 Å². The number of nitrogens with one attached hydrogen (secondary N) is 1. The number of carbonyl (C=O) groups excluding carboxylic acids is 1. The van der Waals surface area contributed by atoms with Gasteiger partial charge in [0.2, 0.25) is 0 Å². The Morgan fingerprint density at radius 1 is 0.933 bits per heavy atom. The molecule has 0 saturated carbocycles. The largest absolute Gasteiger partial charge is 0.481 e. The van der Waals surface area contributed by atoms with Gasteiger partial charge in [0, 0.05) is 5.02 Å². The van der Waals surface area contributed by atoms with Crippen LogP contribution in [0.5, 0.6) is 17.2 Å². The standard InChI is InChI=1S/C25H26ClNO3/c1-16(2)21-12-10-17(3)14-24(21)29-18(4)25(28)27-22-15-19(26)11-13-23(22)30-20-8-6-5-7-9-20/h5-16,18H,1-4H3,(H,27,28)/t18-/m0/s1. The fourth-order valence-electron chi connectivity index (χ4n) is 3.00. The van der Waals surface area contributed by atoms with Crippen LogP contribution < -0.4 is 14.8 Å². The molecule has 3 aromatic rings. The van der Waals surface area contributed by atoms with Crippen LogP contribution in [0.3, 0.4) is 0 Å². The molecule has 30 heavy (non-hydrogen) atoms. The summed E-state index contributed by atoms with van der Waals surface area (Å²) in [5.74, 6) is 1.89. The van der Waals surface area contributed by atoms with E-state index in [0.29, 0.717) is 22.2 Å². The van der Waals surface area contributed by atoms with Crippen molar-refractivity contribution in [3.8, 4) is 17.2 Å². The van der Waals surface area contributed by atoms with E-state index in [1.54, 1.807) is 25.1 Å². The Morgan fingerprint density at radius 2 is 1.67 bits per heavy atom. The number of carbonyl (C=O) groups is 1. The van der Waals surface area contributed by atoms with Gasteiger partial charge in [-0.1, -0.05) is 55.8 Å². The lowest BCUT2D eigenvalue weighted by Crippen LogP contribution is -2.30. The predicted octanol–water partition coefficient (Wildman–Crippen LogP) is 6.97. The molecule has 0 aliphatic heterocycles. The Balaban J connectivity index is 1.77. The molecule has 0 saturated heterocycles. The number of para-hydroxylation sites is 1. The highest BCUT2D eigenvalue weighted by atomic mass is 35.5. The van der Waals surface area contributed by atoms with Crippen LogP contribution in [0.4, 0.5) is 5.69 Å². The molecule has 0 unspecified atom stereocenters. The molecule has 4 nitrogen and oxygen atoms in total. The molecule has 1 N–H and O–H groups in total. The van der Waals surface area contributed by atoms with Crippen LogP contribution in [0, 0.1) is 6.92 Å². The lowest BCUT2D eigenvalue weighted by molar-refractivity contribution is -0.122. The molecule has 0 aliphatic rings. The first kappa shape index (κ1) is 21.7. The molecule has 0 heterocycles. The zero-order valence-electron chi connectivity index (χ0n) is 17.6. The van der Waals surface area contributed by atoms with E-state index in [4.69, 9.17) is 21.1 Å². The highest BCUT2D eigenvalue weighted by molar-refractivity contribution is 6.31. The number of halogens is 1. The van der Waals surface area contributed by atoms with E-state index in [1.807, 2.05) is 55.5 Å². The molecule has 0 radical (unpaired) electrons. The molecule has 1 amide bonds. The van der Waals surface area contributed by atoms with Gasteiger partial charge in [-0.25, -0.2) is 0 Å². The number of rotatable bonds is 7. The maximum Gasteiger partial charge on any atom is 0.265 e. The summed E-state index contributed by atoms with van der Waals surface area (Å²) in [7, 11) is 0. The van der Waals surface area contributed by atoms with E-state index in [2.05, 4.69) is 19.2 Å². The summed E-state index contributed by atoms with van der Waals surface area (Å²) in [6, 6.07) is 20.5. The minimum atomic E-state index is -0.701. The zero-order valence-corrected chi connectivity index (χ0v) is 18.4. The van der Waals surface area contributed by atoms with Crippen LogP contribution in [0.25, 0.3) is 0 Å². The molecule has 0 aliphatic carbocycles. The SMILES string of the molecule is Cc1ccc(C(C)C)c(O[C@@H](C)C(=O)Nc2cc(Cl)ccc2Oc2ccccc2)c1. The zero-order chi connectivity index (χ0) is 21.7. The minimum Gasteiger partial charge on any atom is -0.481 e. The normalized spacial score (nSPS) is 11.8. The van der Waals surface area contributed by atoms with E-state index in [9.17, 15) is 4.79 Å². The van der Waals surface area contributed by atoms with Crippen LogP contribution >= 0.6 is 11.6 Å². The minimum absolute atomic E-state index is 0.286. The van der Waals surface area contributed by atoms with Gasteiger partial charge in [0.05, 0.1) is 5.69 Å². The van der Waals surface area contributed by atoms with Crippen LogP contribution in [-0.4, -0.2) is 12.0 Å². The van der Waals surface area contributed by atoms with Gasteiger partial charge in [0.25, 0.3) is 5.91 Å². The Bertz CT molecular complexity index is 1020. The molecule has 5 heteroatoms. The first-order chi connectivity index (χ1) is 14.3. The topological polar surface area (TPSA) is 47.6 Å². The van der Waals surface area contributed by atoms with Gasteiger partial charge in [0.1, 0.15) is 11.5 Å². The van der Waals surface area contributed by atoms with E-state index in [1.165, 1.54) is 0 Å². The van der Waals surface area contributed by atoms with Crippen molar-refractivity contribution < 1.29 is 14.3 Å². The molecule has 1 atom stereocenters. The number of benzene rings is 3. The van der Waals surface area contributed by atoms with Crippen LogP contribution in [0.2, 0.25) is 5.02 Å². The summed E-state index contributed by atoms with van der Waals surface area (Å²) in [6.45, 7) is 7.92. The molecule has 156 valence electrons. The Morgan fingerprint density at radius 3 is 2.37 bits per heavy atom. The average Bonchev–Trinajstić information content (AvgIpc) is 2.70. The van der Waals surface area contributed by atoms with Crippen molar-refractivity contribution in [2.75, 3.05) is 5.32 Å². The lowest BCUT2D eigenvalue weighted by atomic mass is 10.0. The van der Waals surface area contributed by atoms with E-state index in [0.717, 1.165) is 16.9 Å². The smallest absolute Gasteiger partial charge is 0.265 e. The second-order valence-electron chi connectivity index (χ2n) is 7.50. The van der Waals surface area contributed by atoms with E-state index in [-0.39, 0.29) is 11.8 Å². The van der Waals surface area contributed by atoms with Crippen molar-refractivity contribution in [1.29, 1.82) is 0 Å². The van der Waals surface area contributed by atoms with Gasteiger partial charge in [0.15, 0.2) is 11.9 Å². The van der Waals surface area contributed by atoms with Gasteiger partial charge in [-0.2, -0.15) is 0 Å². The molecular formula is C25H26ClNO3. The number of anilines is 1. The van der Waals surface area contributed by atoms with Gasteiger partial charge in [-0.15, -0.1) is 0 Å². The first-order valence-electron chi connectivity index (χ1n) is 9.94. The maximum atomic E-state index is 12.9. The third kappa shape index (κ3) is 5.55. The fourth-order valence-corrected chi connectivity index (χ4v) is 3.18. The fraction of sp³-hybridized carbons (Fsp3) is 0.240. The summed E-state index contributed by atoms with van der Waals surface area (Å²) in [6.07, 6.45) is -0.701. The van der Waals surface area contributed by atoms with Gasteiger partial charge < -0.3 is 14.8 Å². The summed E-state index contributed by atoms with van der Waals surface area (Å²) in [5, 5.41) is 3.38. The van der Waals surface area contributed by atoms with Crippen LogP contribution in [0.15, 0.2) is 66.7 Å². The molecule has 3 rings (SSSR count). The van der Waals surface area contributed by atoms with Gasteiger partial charge >= 0.3 is 0 Å². The second-order valence-corrected chi connectivity index (χ2v) is 7.94. The highest BCUT2D eigenvalue weighted by Gasteiger charge is 2.19.